The summed E-state index contributed by atoms with van der Waals surface area (Å²) in [5.74, 6) is 0. The number of nitrogens with zero attached hydrogens (tertiary/aromatic N) is 2. The van der Waals surface area contributed by atoms with Crippen LogP contribution in [0.4, 0.5) is 0 Å². The minimum Gasteiger partial charge on any atom is -0.392 e. The fourth-order valence-electron chi connectivity index (χ4n) is 3.67. The van der Waals surface area contributed by atoms with E-state index in [1.165, 1.54) is 4.31 Å². The van der Waals surface area contributed by atoms with Gasteiger partial charge in [-0.15, -0.1) is 0 Å². The Kier molecular flexibility index (Phi) is 6.18. The van der Waals surface area contributed by atoms with Gasteiger partial charge in [-0.1, -0.05) is 84.0 Å². The number of sulfonamides is 1. The Balaban J connectivity index is 1.45. The summed E-state index contributed by atoms with van der Waals surface area (Å²) < 4.78 is 25.6. The second kappa shape index (κ2) is 9.01. The summed E-state index contributed by atoms with van der Waals surface area (Å²) >= 11 is 0. The van der Waals surface area contributed by atoms with Crippen molar-refractivity contribution in [3.05, 3.63) is 95.6 Å². The molecule has 3 aromatic carbocycles. The molecule has 1 aliphatic carbocycles. The Morgan fingerprint density at radius 2 is 1.39 bits per heavy atom. The number of hydrogen-bond donors (Lipinski definition) is 1. The first-order valence-electron chi connectivity index (χ1n) is 10.00. The molecule has 1 atom stereocenters. The highest BCUT2D eigenvalue weighted by molar-refractivity contribution is 7.88. The van der Waals surface area contributed by atoms with Gasteiger partial charge in [-0.2, -0.15) is 4.31 Å². The van der Waals surface area contributed by atoms with Crippen LogP contribution in [0.1, 0.15) is 16.7 Å². The Morgan fingerprint density at radius 3 is 1.94 bits per heavy atom. The van der Waals surface area contributed by atoms with Gasteiger partial charge in [-0.3, -0.25) is 0 Å². The van der Waals surface area contributed by atoms with Crippen LogP contribution in [0.25, 0.3) is 11.1 Å². The lowest BCUT2D eigenvalue weighted by atomic mass is 10.1. The molecule has 0 radical (unpaired) electrons. The standard InChI is InChI=1S/C24H24N2O4S/c1-31(28,29)26(15-18-9-3-2-4-10-18)16-19(27)17-30-25-24-22-13-7-5-11-20(22)21-12-6-8-14-23(21)24/h2-14,19,27H,15-17H2,1H3. The van der Waals surface area contributed by atoms with Crippen LogP contribution in [0.15, 0.2) is 84.0 Å². The Labute approximate surface area is 182 Å². The highest BCUT2D eigenvalue weighted by Gasteiger charge is 2.25. The molecule has 0 bridgehead atoms. The topological polar surface area (TPSA) is 79.2 Å². The van der Waals surface area contributed by atoms with E-state index in [2.05, 4.69) is 5.16 Å². The monoisotopic (exact) mass is 436 g/mol. The lowest BCUT2D eigenvalue weighted by molar-refractivity contribution is 0.0302. The maximum atomic E-state index is 12.2. The Hall–Kier alpha value is -3.00. The van der Waals surface area contributed by atoms with Crippen LogP contribution in [-0.4, -0.2) is 49.1 Å². The molecule has 0 spiro atoms. The molecule has 0 aliphatic heterocycles. The van der Waals surface area contributed by atoms with E-state index in [1.807, 2.05) is 78.9 Å². The van der Waals surface area contributed by atoms with Crippen molar-refractivity contribution in [2.24, 2.45) is 5.16 Å². The Morgan fingerprint density at radius 1 is 0.871 bits per heavy atom. The molecule has 0 amide bonds. The van der Waals surface area contributed by atoms with Crippen LogP contribution >= 0.6 is 0 Å². The van der Waals surface area contributed by atoms with E-state index in [4.69, 9.17) is 4.84 Å². The van der Waals surface area contributed by atoms with Crippen LogP contribution in [0.5, 0.6) is 0 Å². The number of hydrogen-bond acceptors (Lipinski definition) is 5. The van der Waals surface area contributed by atoms with Crippen molar-refractivity contribution in [3.8, 4) is 11.1 Å². The molecule has 1 aliphatic rings. The molecule has 1 unspecified atom stereocenters. The summed E-state index contributed by atoms with van der Waals surface area (Å²) in [5, 5.41) is 14.7. The van der Waals surface area contributed by atoms with Gasteiger partial charge in [0.2, 0.25) is 10.0 Å². The molecule has 0 aromatic heterocycles. The molecule has 7 heteroatoms. The second-order valence-corrected chi connectivity index (χ2v) is 9.50. The molecule has 31 heavy (non-hydrogen) atoms. The van der Waals surface area contributed by atoms with E-state index in [0.29, 0.717) is 5.71 Å². The third-order valence-corrected chi connectivity index (χ3v) is 6.38. The van der Waals surface area contributed by atoms with E-state index >= 15 is 0 Å². The summed E-state index contributed by atoms with van der Waals surface area (Å²) in [7, 11) is -3.50. The maximum Gasteiger partial charge on any atom is 0.211 e. The normalized spacial score (nSPS) is 13.6. The lowest BCUT2D eigenvalue weighted by Crippen LogP contribution is -2.38. The molecule has 0 saturated heterocycles. The maximum absolute atomic E-state index is 12.2. The van der Waals surface area contributed by atoms with Crippen molar-refractivity contribution in [2.75, 3.05) is 19.4 Å². The third-order valence-electron chi connectivity index (χ3n) is 5.16. The molecule has 3 aromatic rings. The van der Waals surface area contributed by atoms with Crippen molar-refractivity contribution in [3.63, 3.8) is 0 Å². The molecular weight excluding hydrogens is 412 g/mol. The van der Waals surface area contributed by atoms with Crippen molar-refractivity contribution in [1.29, 1.82) is 0 Å². The molecule has 1 N–H and O–H groups in total. The van der Waals surface area contributed by atoms with E-state index in [1.54, 1.807) is 0 Å². The zero-order valence-corrected chi connectivity index (χ0v) is 18.0. The van der Waals surface area contributed by atoms with Gasteiger partial charge in [0.15, 0.2) is 0 Å². The fourth-order valence-corrected chi connectivity index (χ4v) is 4.50. The average Bonchev–Trinajstić information content (AvgIpc) is 3.08. The van der Waals surface area contributed by atoms with E-state index in [9.17, 15) is 13.5 Å². The fraction of sp³-hybridized carbons (Fsp3) is 0.208. The molecule has 0 heterocycles. The van der Waals surface area contributed by atoms with Crippen LogP contribution in [0, 0.1) is 0 Å². The number of benzene rings is 3. The zero-order chi connectivity index (χ0) is 21.8. The second-order valence-electron chi connectivity index (χ2n) is 7.52. The largest absolute Gasteiger partial charge is 0.392 e. The predicted octanol–water partition coefficient (Wildman–Crippen LogP) is 3.26. The number of aliphatic hydroxyl groups is 1. The SMILES string of the molecule is CS(=O)(=O)N(Cc1ccccc1)CC(O)CON=C1c2ccccc2-c2ccccc21. The first-order valence-corrected chi connectivity index (χ1v) is 11.8. The van der Waals surface area contributed by atoms with Crippen molar-refractivity contribution < 1.29 is 18.4 Å². The summed E-state index contributed by atoms with van der Waals surface area (Å²) in [4.78, 5) is 5.47. The highest BCUT2D eigenvalue weighted by Crippen LogP contribution is 2.36. The van der Waals surface area contributed by atoms with Crippen LogP contribution in [-0.2, 0) is 21.4 Å². The minimum atomic E-state index is -3.50. The third kappa shape index (κ3) is 4.85. The number of aliphatic hydroxyl groups excluding tert-OH is 1. The summed E-state index contributed by atoms with van der Waals surface area (Å²) in [5.41, 5.74) is 5.68. The summed E-state index contributed by atoms with van der Waals surface area (Å²) in [6, 6.07) is 25.2. The lowest BCUT2D eigenvalue weighted by Gasteiger charge is -2.22. The highest BCUT2D eigenvalue weighted by atomic mass is 32.2. The van der Waals surface area contributed by atoms with Gasteiger partial charge in [0.1, 0.15) is 18.4 Å². The van der Waals surface area contributed by atoms with E-state index in [0.717, 1.165) is 34.1 Å². The minimum absolute atomic E-state index is 0.0776. The van der Waals surface area contributed by atoms with Crippen LogP contribution in [0.2, 0.25) is 0 Å². The number of fused-ring (bicyclic) bond motifs is 3. The van der Waals surface area contributed by atoms with Crippen molar-refractivity contribution >= 4 is 15.7 Å². The average molecular weight is 437 g/mol. The predicted molar refractivity (Wildman–Crippen MR) is 121 cm³/mol. The quantitative estimate of drug-likeness (QED) is 0.430. The number of rotatable bonds is 8. The Bertz CT molecular complexity index is 1150. The van der Waals surface area contributed by atoms with Gasteiger partial charge in [0.25, 0.3) is 0 Å². The summed E-state index contributed by atoms with van der Waals surface area (Å²) in [6.45, 7) is -0.00754. The molecule has 160 valence electrons. The van der Waals surface area contributed by atoms with Gasteiger partial charge in [-0.05, 0) is 16.7 Å². The van der Waals surface area contributed by atoms with Gasteiger partial charge in [0, 0.05) is 24.2 Å². The smallest absolute Gasteiger partial charge is 0.211 e. The zero-order valence-electron chi connectivity index (χ0n) is 17.2. The van der Waals surface area contributed by atoms with Gasteiger partial charge < -0.3 is 9.94 Å². The van der Waals surface area contributed by atoms with Gasteiger partial charge in [0.05, 0.1) is 6.26 Å². The first-order chi connectivity index (χ1) is 14.9. The first kappa shape index (κ1) is 21.2. The molecule has 0 saturated carbocycles. The van der Waals surface area contributed by atoms with Crippen molar-refractivity contribution in [1.82, 2.24) is 4.31 Å². The van der Waals surface area contributed by atoms with Gasteiger partial charge in [-0.25, -0.2) is 8.42 Å². The van der Waals surface area contributed by atoms with Crippen LogP contribution < -0.4 is 0 Å². The molecule has 6 nitrogen and oxygen atoms in total. The van der Waals surface area contributed by atoms with E-state index in [-0.39, 0.29) is 19.7 Å². The van der Waals surface area contributed by atoms with Gasteiger partial charge >= 0.3 is 0 Å². The van der Waals surface area contributed by atoms with Crippen molar-refractivity contribution in [2.45, 2.75) is 12.6 Å². The van der Waals surface area contributed by atoms with Crippen LogP contribution in [0.3, 0.4) is 0 Å². The summed E-state index contributed by atoms with van der Waals surface area (Å²) in [6.07, 6.45) is 0.116. The van der Waals surface area contributed by atoms with E-state index < -0.39 is 16.1 Å². The number of oxime groups is 1. The molecule has 4 rings (SSSR count). The molecule has 0 fully saturated rings. The molecular formula is C24H24N2O4S.